The van der Waals surface area contributed by atoms with Gasteiger partial charge in [0.25, 0.3) is 0 Å². The van der Waals surface area contributed by atoms with Crippen LogP contribution in [0.2, 0.25) is 0 Å². The van der Waals surface area contributed by atoms with Crippen molar-refractivity contribution in [3.8, 4) is 5.75 Å². The van der Waals surface area contributed by atoms with Crippen LogP contribution in [0, 0.1) is 5.92 Å². The molecule has 4 nitrogen and oxygen atoms in total. The molecule has 2 N–H and O–H groups in total. The predicted octanol–water partition coefficient (Wildman–Crippen LogP) is 2.55. The van der Waals surface area contributed by atoms with E-state index >= 15 is 0 Å². The number of fused-ring (bicyclic) bond motifs is 1. The van der Waals surface area contributed by atoms with E-state index < -0.39 is 0 Å². The van der Waals surface area contributed by atoms with Crippen molar-refractivity contribution in [2.45, 2.75) is 19.9 Å². The zero-order chi connectivity index (χ0) is 13.7. The highest BCUT2D eigenvalue weighted by Crippen LogP contribution is 2.28. The first-order valence-corrected chi connectivity index (χ1v) is 6.61. The maximum absolute atomic E-state index is 8.85. The second kappa shape index (κ2) is 6.59. The fraction of sp³-hybridized carbons (Fsp3) is 0.467. The Kier molecular flexibility index (Phi) is 4.82. The Bertz CT molecular complexity index is 521. The third-order valence-corrected chi connectivity index (χ3v) is 3.19. The van der Waals surface area contributed by atoms with Gasteiger partial charge < -0.3 is 19.6 Å². The molecule has 0 saturated heterocycles. The van der Waals surface area contributed by atoms with Crippen molar-refractivity contribution in [2.24, 2.45) is 5.92 Å². The number of aliphatic hydroxyl groups is 1. The molecule has 0 radical (unpaired) electrons. The molecule has 1 aromatic carbocycles. The van der Waals surface area contributed by atoms with E-state index in [4.69, 9.17) is 14.3 Å². The lowest BCUT2D eigenvalue weighted by atomic mass is 10.1. The SMILES string of the molecule is COc1cccc2cc(CNCC(C)CCO)oc12. The molecule has 1 aromatic heterocycles. The number of rotatable bonds is 7. The summed E-state index contributed by atoms with van der Waals surface area (Å²) in [5, 5.41) is 13.2. The average Bonchev–Trinajstić information content (AvgIpc) is 2.81. The van der Waals surface area contributed by atoms with Crippen molar-refractivity contribution in [3.63, 3.8) is 0 Å². The lowest BCUT2D eigenvalue weighted by Gasteiger charge is -2.09. The summed E-state index contributed by atoms with van der Waals surface area (Å²) in [7, 11) is 1.64. The van der Waals surface area contributed by atoms with Crippen LogP contribution in [-0.4, -0.2) is 25.4 Å². The van der Waals surface area contributed by atoms with Gasteiger partial charge in [-0.3, -0.25) is 0 Å². The van der Waals surface area contributed by atoms with Gasteiger partial charge in [0.05, 0.1) is 13.7 Å². The van der Waals surface area contributed by atoms with Crippen LogP contribution in [0.15, 0.2) is 28.7 Å². The molecule has 0 aliphatic carbocycles. The zero-order valence-electron chi connectivity index (χ0n) is 11.5. The van der Waals surface area contributed by atoms with Crippen molar-refractivity contribution >= 4 is 11.0 Å². The first-order valence-electron chi connectivity index (χ1n) is 6.61. The maximum atomic E-state index is 8.85. The number of nitrogens with one attached hydrogen (secondary N) is 1. The Labute approximate surface area is 113 Å². The van der Waals surface area contributed by atoms with Gasteiger partial charge in [0.1, 0.15) is 5.76 Å². The van der Waals surface area contributed by atoms with Crippen molar-refractivity contribution in [1.82, 2.24) is 5.32 Å². The minimum Gasteiger partial charge on any atom is -0.493 e. The molecule has 0 saturated carbocycles. The molecule has 0 aliphatic rings. The molecule has 2 rings (SSSR count). The molecule has 0 bridgehead atoms. The van der Waals surface area contributed by atoms with Crippen LogP contribution in [0.3, 0.4) is 0 Å². The topological polar surface area (TPSA) is 54.6 Å². The van der Waals surface area contributed by atoms with Crippen LogP contribution in [0.5, 0.6) is 5.75 Å². The first kappa shape index (κ1) is 13.9. The fourth-order valence-electron chi connectivity index (χ4n) is 2.10. The number of furan rings is 1. The van der Waals surface area contributed by atoms with Crippen LogP contribution in [-0.2, 0) is 6.54 Å². The summed E-state index contributed by atoms with van der Waals surface area (Å²) in [6, 6.07) is 7.89. The molecule has 1 heterocycles. The van der Waals surface area contributed by atoms with Crippen molar-refractivity contribution in [3.05, 3.63) is 30.0 Å². The summed E-state index contributed by atoms with van der Waals surface area (Å²) < 4.78 is 11.1. The molecule has 104 valence electrons. The van der Waals surface area contributed by atoms with Crippen LogP contribution in [0.1, 0.15) is 19.1 Å². The van der Waals surface area contributed by atoms with Gasteiger partial charge >= 0.3 is 0 Å². The Morgan fingerprint density at radius 3 is 3.00 bits per heavy atom. The summed E-state index contributed by atoms with van der Waals surface area (Å²) >= 11 is 0. The number of aliphatic hydroxyl groups excluding tert-OH is 1. The lowest BCUT2D eigenvalue weighted by molar-refractivity contribution is 0.259. The van der Waals surface area contributed by atoms with Gasteiger partial charge in [0, 0.05) is 12.0 Å². The largest absolute Gasteiger partial charge is 0.493 e. The molecule has 0 amide bonds. The van der Waals surface area contributed by atoms with Crippen LogP contribution >= 0.6 is 0 Å². The molecular formula is C15H21NO3. The highest BCUT2D eigenvalue weighted by Gasteiger charge is 2.08. The maximum Gasteiger partial charge on any atom is 0.176 e. The molecule has 0 fully saturated rings. The van der Waals surface area contributed by atoms with Crippen molar-refractivity contribution < 1.29 is 14.3 Å². The molecular weight excluding hydrogens is 242 g/mol. The summed E-state index contributed by atoms with van der Waals surface area (Å²) in [5.74, 6) is 2.12. The van der Waals surface area contributed by atoms with E-state index in [-0.39, 0.29) is 6.61 Å². The predicted molar refractivity (Wildman–Crippen MR) is 75.3 cm³/mol. The Hall–Kier alpha value is -1.52. The van der Waals surface area contributed by atoms with E-state index in [0.717, 1.165) is 35.4 Å². The second-order valence-electron chi connectivity index (χ2n) is 4.84. The summed E-state index contributed by atoms with van der Waals surface area (Å²) in [6.45, 7) is 3.91. The third-order valence-electron chi connectivity index (χ3n) is 3.19. The van der Waals surface area contributed by atoms with Gasteiger partial charge in [0.2, 0.25) is 0 Å². The minimum absolute atomic E-state index is 0.241. The molecule has 4 heteroatoms. The molecule has 2 aromatic rings. The fourth-order valence-corrected chi connectivity index (χ4v) is 2.10. The minimum atomic E-state index is 0.241. The Morgan fingerprint density at radius 2 is 2.26 bits per heavy atom. The molecule has 19 heavy (non-hydrogen) atoms. The van der Waals surface area contributed by atoms with Crippen LogP contribution < -0.4 is 10.1 Å². The number of benzene rings is 1. The quantitative estimate of drug-likeness (QED) is 0.806. The number of hydrogen-bond donors (Lipinski definition) is 2. The standard InChI is InChI=1S/C15H21NO3/c1-11(6-7-17)9-16-10-13-8-12-4-3-5-14(18-2)15(12)19-13/h3-5,8,11,16-17H,6-7,9-10H2,1-2H3. The molecule has 0 aliphatic heterocycles. The van der Waals surface area contributed by atoms with Gasteiger partial charge in [-0.15, -0.1) is 0 Å². The Balaban J connectivity index is 1.98. The number of para-hydroxylation sites is 1. The summed E-state index contributed by atoms with van der Waals surface area (Å²) in [5.41, 5.74) is 0.796. The summed E-state index contributed by atoms with van der Waals surface area (Å²) in [4.78, 5) is 0. The number of ether oxygens (including phenoxy) is 1. The number of hydrogen-bond acceptors (Lipinski definition) is 4. The van der Waals surface area contributed by atoms with Gasteiger partial charge in [0.15, 0.2) is 11.3 Å². The highest BCUT2D eigenvalue weighted by molar-refractivity contribution is 5.83. The highest BCUT2D eigenvalue weighted by atomic mass is 16.5. The number of methoxy groups -OCH3 is 1. The zero-order valence-corrected chi connectivity index (χ0v) is 11.5. The average molecular weight is 263 g/mol. The first-order chi connectivity index (χ1) is 9.24. The normalized spacial score (nSPS) is 12.8. The second-order valence-corrected chi connectivity index (χ2v) is 4.84. The third kappa shape index (κ3) is 3.49. The van der Waals surface area contributed by atoms with Gasteiger partial charge in [-0.1, -0.05) is 19.1 Å². The van der Waals surface area contributed by atoms with E-state index in [1.807, 2.05) is 24.3 Å². The van der Waals surface area contributed by atoms with E-state index in [0.29, 0.717) is 12.5 Å². The molecule has 1 atom stereocenters. The Morgan fingerprint density at radius 1 is 1.42 bits per heavy atom. The molecule has 0 spiro atoms. The van der Waals surface area contributed by atoms with E-state index in [1.54, 1.807) is 7.11 Å². The van der Waals surface area contributed by atoms with Gasteiger partial charge in [-0.2, -0.15) is 0 Å². The van der Waals surface area contributed by atoms with Crippen LogP contribution in [0.25, 0.3) is 11.0 Å². The smallest absolute Gasteiger partial charge is 0.176 e. The van der Waals surface area contributed by atoms with Crippen molar-refractivity contribution in [1.29, 1.82) is 0 Å². The van der Waals surface area contributed by atoms with Crippen LogP contribution in [0.4, 0.5) is 0 Å². The lowest BCUT2D eigenvalue weighted by Crippen LogP contribution is -2.21. The van der Waals surface area contributed by atoms with Crippen molar-refractivity contribution in [2.75, 3.05) is 20.3 Å². The van der Waals surface area contributed by atoms with E-state index in [1.165, 1.54) is 0 Å². The van der Waals surface area contributed by atoms with Gasteiger partial charge in [-0.05, 0) is 31.0 Å². The van der Waals surface area contributed by atoms with Gasteiger partial charge in [-0.25, -0.2) is 0 Å². The van der Waals surface area contributed by atoms with E-state index in [2.05, 4.69) is 12.2 Å². The molecule has 1 unspecified atom stereocenters. The summed E-state index contributed by atoms with van der Waals surface area (Å²) in [6.07, 6.45) is 0.820. The van der Waals surface area contributed by atoms with E-state index in [9.17, 15) is 0 Å². The monoisotopic (exact) mass is 263 g/mol.